The van der Waals surface area contributed by atoms with Gasteiger partial charge in [-0.3, -0.25) is 9.69 Å². The van der Waals surface area contributed by atoms with E-state index in [0.717, 1.165) is 39.0 Å². The Kier molecular flexibility index (Phi) is 6.30. The van der Waals surface area contributed by atoms with Crippen LogP contribution in [-0.2, 0) is 11.3 Å². The molecule has 0 aromatic heterocycles. The first-order chi connectivity index (χ1) is 12.7. The Labute approximate surface area is 156 Å². The zero-order valence-electron chi connectivity index (χ0n) is 15.6. The topological polar surface area (TPSA) is 50.6 Å². The van der Waals surface area contributed by atoms with Gasteiger partial charge >= 0.3 is 0 Å². The van der Waals surface area contributed by atoms with Crippen molar-refractivity contribution in [2.75, 3.05) is 32.7 Å². The van der Waals surface area contributed by atoms with Crippen molar-refractivity contribution in [1.29, 1.82) is 5.26 Å². The quantitative estimate of drug-likeness (QED) is 0.617. The van der Waals surface area contributed by atoms with Gasteiger partial charge in [-0.25, -0.2) is 0 Å². The third-order valence-electron chi connectivity index (χ3n) is 5.41. The largest absolute Gasteiger partial charge is 0.373 e. The fraction of sp³-hybridized carbons (Fsp3) is 0.524. The van der Waals surface area contributed by atoms with Crippen LogP contribution in [0.4, 0.5) is 0 Å². The van der Waals surface area contributed by atoms with E-state index in [1.54, 1.807) is 6.20 Å². The van der Waals surface area contributed by atoms with Gasteiger partial charge in [-0.15, -0.1) is 0 Å². The maximum absolute atomic E-state index is 12.8. The van der Waals surface area contributed by atoms with Crippen LogP contribution in [0.2, 0.25) is 0 Å². The number of amides is 1. The van der Waals surface area contributed by atoms with Crippen LogP contribution in [0, 0.1) is 11.3 Å². The van der Waals surface area contributed by atoms with Gasteiger partial charge in [0.1, 0.15) is 11.6 Å². The van der Waals surface area contributed by atoms with Crippen molar-refractivity contribution in [1.82, 2.24) is 14.7 Å². The molecule has 0 bridgehead atoms. The monoisotopic (exact) mass is 352 g/mol. The minimum absolute atomic E-state index is 0.121. The molecule has 2 fully saturated rings. The van der Waals surface area contributed by atoms with Crippen LogP contribution < -0.4 is 0 Å². The van der Waals surface area contributed by atoms with E-state index < -0.39 is 0 Å². The molecule has 1 atom stereocenters. The van der Waals surface area contributed by atoms with Crippen LogP contribution in [0.15, 0.2) is 42.1 Å². The highest BCUT2D eigenvalue weighted by atomic mass is 16.2. The molecule has 0 radical (unpaired) electrons. The standard InChI is InChI=1S/C21H28N4O/c1-18-7-5-6-10-25(18)17-20(15-22)21(26)24-13-11-23(12-14-24)16-19-8-3-2-4-9-19/h2-4,8-9,17-18H,5-7,10-14,16H2,1H3/b20-17-. The summed E-state index contributed by atoms with van der Waals surface area (Å²) >= 11 is 0. The highest BCUT2D eigenvalue weighted by Crippen LogP contribution is 2.18. The molecule has 0 N–H and O–H groups in total. The van der Waals surface area contributed by atoms with Crippen molar-refractivity contribution in [2.45, 2.75) is 38.8 Å². The average molecular weight is 352 g/mol. The average Bonchev–Trinajstić information content (AvgIpc) is 2.68. The van der Waals surface area contributed by atoms with Gasteiger partial charge in [0.15, 0.2) is 0 Å². The Morgan fingerprint density at radius 3 is 2.54 bits per heavy atom. The number of nitriles is 1. The highest BCUT2D eigenvalue weighted by molar-refractivity contribution is 5.97. The second-order valence-corrected chi connectivity index (χ2v) is 7.29. The molecule has 1 aromatic rings. The van der Waals surface area contributed by atoms with Gasteiger partial charge in [0.2, 0.25) is 0 Å². The number of likely N-dealkylation sites (tertiary alicyclic amines) is 1. The van der Waals surface area contributed by atoms with Crippen molar-refractivity contribution < 1.29 is 4.79 Å². The second kappa shape index (κ2) is 8.86. The molecule has 1 unspecified atom stereocenters. The van der Waals surface area contributed by atoms with Crippen molar-refractivity contribution in [3.05, 3.63) is 47.7 Å². The van der Waals surface area contributed by atoms with Crippen molar-refractivity contribution >= 4 is 5.91 Å². The summed E-state index contributed by atoms with van der Waals surface area (Å²) in [6.45, 7) is 7.07. The molecule has 2 aliphatic heterocycles. The Morgan fingerprint density at radius 1 is 1.15 bits per heavy atom. The van der Waals surface area contributed by atoms with Crippen LogP contribution in [0.3, 0.4) is 0 Å². The van der Waals surface area contributed by atoms with Gasteiger partial charge in [-0.1, -0.05) is 30.3 Å². The molecular formula is C21H28N4O. The molecule has 0 spiro atoms. The van der Waals surface area contributed by atoms with E-state index in [1.165, 1.54) is 12.0 Å². The SMILES string of the molecule is CC1CCCCN1/C=C(/C#N)C(=O)N1CCN(Cc2ccccc2)CC1. The minimum atomic E-state index is -0.121. The van der Waals surface area contributed by atoms with Crippen molar-refractivity contribution in [2.24, 2.45) is 0 Å². The van der Waals surface area contributed by atoms with Gasteiger partial charge in [0.25, 0.3) is 5.91 Å². The fourth-order valence-electron chi connectivity index (χ4n) is 3.73. The van der Waals surface area contributed by atoms with Crippen molar-refractivity contribution in [3.8, 4) is 6.07 Å². The summed E-state index contributed by atoms with van der Waals surface area (Å²) in [5.41, 5.74) is 1.57. The van der Waals surface area contributed by atoms with Gasteiger partial charge in [-0.05, 0) is 31.7 Å². The summed E-state index contributed by atoms with van der Waals surface area (Å²) in [5.74, 6) is -0.121. The molecule has 0 aliphatic carbocycles. The molecule has 2 saturated heterocycles. The lowest BCUT2D eigenvalue weighted by molar-refractivity contribution is -0.128. The molecule has 0 saturated carbocycles. The fourth-order valence-corrected chi connectivity index (χ4v) is 3.73. The Bertz CT molecular complexity index is 671. The first-order valence-electron chi connectivity index (χ1n) is 9.60. The number of carbonyl (C=O) groups is 1. The van der Waals surface area contributed by atoms with E-state index in [9.17, 15) is 10.1 Å². The highest BCUT2D eigenvalue weighted by Gasteiger charge is 2.25. The number of nitrogens with zero attached hydrogens (tertiary/aromatic N) is 4. The van der Waals surface area contributed by atoms with E-state index in [4.69, 9.17) is 0 Å². The molecule has 2 aliphatic rings. The normalized spacial score (nSPS) is 22.2. The Hall–Kier alpha value is -2.32. The number of benzene rings is 1. The number of carbonyl (C=O) groups excluding carboxylic acids is 1. The molecule has 5 nitrogen and oxygen atoms in total. The third-order valence-corrected chi connectivity index (χ3v) is 5.41. The number of piperidine rings is 1. The molecule has 1 aromatic carbocycles. The van der Waals surface area contributed by atoms with Gasteiger partial charge in [0.05, 0.1) is 0 Å². The molecule has 26 heavy (non-hydrogen) atoms. The molecule has 5 heteroatoms. The third kappa shape index (κ3) is 4.64. The lowest BCUT2D eigenvalue weighted by Gasteiger charge is -2.35. The van der Waals surface area contributed by atoms with E-state index in [-0.39, 0.29) is 11.5 Å². The number of hydrogen-bond acceptors (Lipinski definition) is 4. The summed E-state index contributed by atoms with van der Waals surface area (Å²) in [4.78, 5) is 19.1. The van der Waals surface area contributed by atoms with E-state index in [0.29, 0.717) is 19.1 Å². The number of hydrogen-bond donors (Lipinski definition) is 0. The summed E-state index contributed by atoms with van der Waals surface area (Å²) in [6.07, 6.45) is 5.28. The predicted molar refractivity (Wildman–Crippen MR) is 102 cm³/mol. The zero-order valence-corrected chi connectivity index (χ0v) is 15.6. The van der Waals surface area contributed by atoms with Crippen LogP contribution in [0.25, 0.3) is 0 Å². The summed E-state index contributed by atoms with van der Waals surface area (Å²) in [7, 11) is 0. The van der Waals surface area contributed by atoms with E-state index in [2.05, 4.69) is 47.1 Å². The second-order valence-electron chi connectivity index (χ2n) is 7.29. The number of rotatable bonds is 4. The smallest absolute Gasteiger partial charge is 0.266 e. The predicted octanol–water partition coefficient (Wildman–Crippen LogP) is 2.61. The Morgan fingerprint density at radius 2 is 1.88 bits per heavy atom. The molecule has 3 rings (SSSR count). The lowest BCUT2D eigenvalue weighted by atomic mass is 10.0. The summed E-state index contributed by atoms with van der Waals surface area (Å²) in [5, 5.41) is 9.49. The minimum Gasteiger partial charge on any atom is -0.373 e. The maximum atomic E-state index is 12.8. The van der Waals surface area contributed by atoms with Crippen molar-refractivity contribution in [3.63, 3.8) is 0 Å². The number of piperazine rings is 1. The molecule has 138 valence electrons. The zero-order chi connectivity index (χ0) is 18.4. The maximum Gasteiger partial charge on any atom is 0.266 e. The summed E-state index contributed by atoms with van der Waals surface area (Å²) in [6, 6.07) is 12.9. The molecule has 2 heterocycles. The lowest BCUT2D eigenvalue weighted by Crippen LogP contribution is -2.48. The van der Waals surface area contributed by atoms with Crippen LogP contribution >= 0.6 is 0 Å². The molecular weight excluding hydrogens is 324 g/mol. The first kappa shape index (κ1) is 18.5. The first-order valence-corrected chi connectivity index (χ1v) is 9.60. The van der Waals surface area contributed by atoms with Gasteiger partial charge < -0.3 is 9.80 Å². The summed E-state index contributed by atoms with van der Waals surface area (Å²) < 4.78 is 0. The Balaban J connectivity index is 1.56. The molecule has 1 amide bonds. The van der Waals surface area contributed by atoms with E-state index in [1.807, 2.05) is 11.0 Å². The van der Waals surface area contributed by atoms with Gasteiger partial charge in [0, 0.05) is 51.5 Å². The van der Waals surface area contributed by atoms with Crippen LogP contribution in [0.1, 0.15) is 31.7 Å². The van der Waals surface area contributed by atoms with Crippen LogP contribution in [-0.4, -0.2) is 59.4 Å². The van der Waals surface area contributed by atoms with E-state index >= 15 is 0 Å². The van der Waals surface area contributed by atoms with Crippen LogP contribution in [0.5, 0.6) is 0 Å². The van der Waals surface area contributed by atoms with Gasteiger partial charge in [-0.2, -0.15) is 5.26 Å².